The summed E-state index contributed by atoms with van der Waals surface area (Å²) in [5, 5.41) is 0. The summed E-state index contributed by atoms with van der Waals surface area (Å²) in [4.78, 5) is 0. The smallest absolute Gasteiger partial charge is 0.330 e. The number of hydrogen-bond donors (Lipinski definition) is 2. The van der Waals surface area contributed by atoms with Crippen molar-refractivity contribution in [1.82, 2.24) is 0 Å². The first-order chi connectivity index (χ1) is 4.39. The van der Waals surface area contributed by atoms with Gasteiger partial charge >= 0.3 is 21.1 Å². The molecule has 0 aromatic heterocycles. The van der Waals surface area contributed by atoms with Crippen molar-refractivity contribution in [2.24, 2.45) is 23.3 Å². The first-order valence-electron chi connectivity index (χ1n) is 3.26. The second-order valence-corrected chi connectivity index (χ2v) is 4.12. The maximum atomic E-state index is 5.64. The number of halogens is 2. The molecule has 0 aliphatic heterocycles. The van der Waals surface area contributed by atoms with E-state index in [-0.39, 0.29) is 32.9 Å². The van der Waals surface area contributed by atoms with Crippen molar-refractivity contribution < 1.29 is 21.1 Å². The fourth-order valence-corrected chi connectivity index (χ4v) is 1.01. The molecule has 70 valence electrons. The molecule has 0 rings (SSSR count). The maximum Gasteiger partial charge on any atom is 2.00 e. The second-order valence-electron chi connectivity index (χ2n) is 2.68. The summed E-state index contributed by atoms with van der Waals surface area (Å²) in [5.41, 5.74) is 10.8. The average Bonchev–Trinajstić information content (AvgIpc) is 1.83. The van der Waals surface area contributed by atoms with Crippen molar-refractivity contribution in [1.29, 1.82) is 0 Å². The van der Waals surface area contributed by atoms with Crippen LogP contribution < -0.4 is 11.5 Å². The van der Waals surface area contributed by atoms with E-state index in [0.717, 1.165) is 0 Å². The number of alkyl halides is 2. The van der Waals surface area contributed by atoms with Gasteiger partial charge in [-0.25, -0.2) is 0 Å². The maximum absolute atomic E-state index is 5.64. The van der Waals surface area contributed by atoms with Gasteiger partial charge in [-0.2, -0.15) is 0 Å². The van der Waals surface area contributed by atoms with Crippen molar-refractivity contribution in [3.63, 3.8) is 0 Å². The summed E-state index contributed by atoms with van der Waals surface area (Å²) in [7, 11) is 0. The van der Waals surface area contributed by atoms with Gasteiger partial charge in [0.1, 0.15) is 0 Å². The van der Waals surface area contributed by atoms with E-state index in [2.05, 4.69) is 0 Å². The summed E-state index contributed by atoms with van der Waals surface area (Å²) in [6.45, 7) is 4.41. The Labute approximate surface area is 92.2 Å². The summed E-state index contributed by atoms with van der Waals surface area (Å²) in [6.07, 6.45) is 0. The molecule has 0 bridgehead atoms. The van der Waals surface area contributed by atoms with Crippen LogP contribution in [-0.2, 0) is 21.1 Å². The van der Waals surface area contributed by atoms with Gasteiger partial charge in [0.2, 0.25) is 0 Å². The van der Waals surface area contributed by atoms with Crippen molar-refractivity contribution in [3.8, 4) is 0 Å². The standard InChI is InChI=1S/C6H14Cl2N2.Pt/c1-4(3-9)5(2)6(7,8)10;/h4-5H,3,9-10H2,1-2H3;/q;+2. The quantitative estimate of drug-likeness (QED) is 0.573. The third-order valence-electron chi connectivity index (χ3n) is 1.83. The van der Waals surface area contributed by atoms with E-state index in [1.165, 1.54) is 0 Å². The van der Waals surface area contributed by atoms with Crippen molar-refractivity contribution in [2.75, 3.05) is 6.54 Å². The largest absolute Gasteiger partial charge is 2.00 e. The van der Waals surface area contributed by atoms with E-state index in [1.54, 1.807) is 0 Å². The third kappa shape index (κ3) is 5.43. The predicted molar refractivity (Wildman–Crippen MR) is 46.0 cm³/mol. The molecule has 0 aromatic carbocycles. The second kappa shape index (κ2) is 5.77. The molecule has 0 amide bonds. The van der Waals surface area contributed by atoms with Crippen LogP contribution in [0.5, 0.6) is 0 Å². The van der Waals surface area contributed by atoms with E-state index in [1.807, 2.05) is 13.8 Å². The Hall–Kier alpha value is 1.19. The first-order valence-corrected chi connectivity index (χ1v) is 4.02. The van der Waals surface area contributed by atoms with E-state index < -0.39 is 4.46 Å². The molecule has 0 aromatic rings. The van der Waals surface area contributed by atoms with Gasteiger partial charge in [-0.15, -0.1) is 0 Å². The minimum absolute atomic E-state index is 0. The van der Waals surface area contributed by atoms with Gasteiger partial charge in [-0.3, -0.25) is 5.73 Å². The predicted octanol–water partition coefficient (Wildman–Crippen LogP) is 1.30. The van der Waals surface area contributed by atoms with Gasteiger partial charge in [0.05, 0.1) is 0 Å². The molecule has 0 heterocycles. The van der Waals surface area contributed by atoms with Gasteiger partial charge in [0.25, 0.3) is 0 Å². The molecule has 0 saturated heterocycles. The molecule has 0 radical (unpaired) electrons. The van der Waals surface area contributed by atoms with E-state index in [0.29, 0.717) is 6.54 Å². The normalized spacial score (nSPS) is 16.9. The van der Waals surface area contributed by atoms with Crippen molar-refractivity contribution in [3.05, 3.63) is 0 Å². The zero-order valence-corrected chi connectivity index (χ0v) is 10.4. The first kappa shape index (κ1) is 14.7. The molecule has 0 aliphatic carbocycles. The van der Waals surface area contributed by atoms with Crippen molar-refractivity contribution >= 4 is 23.2 Å². The number of rotatable bonds is 3. The molecule has 2 nitrogen and oxygen atoms in total. The van der Waals surface area contributed by atoms with Gasteiger partial charge in [0.15, 0.2) is 4.46 Å². The van der Waals surface area contributed by atoms with Crippen LogP contribution in [0.4, 0.5) is 0 Å². The van der Waals surface area contributed by atoms with Gasteiger partial charge in [-0.1, -0.05) is 37.0 Å². The topological polar surface area (TPSA) is 52.0 Å². The molecule has 4 N–H and O–H groups in total. The molecule has 0 fully saturated rings. The van der Waals surface area contributed by atoms with Gasteiger partial charge < -0.3 is 5.73 Å². The zero-order valence-electron chi connectivity index (χ0n) is 6.59. The van der Waals surface area contributed by atoms with Crippen molar-refractivity contribution in [2.45, 2.75) is 18.3 Å². The molecule has 2 unspecified atom stereocenters. The number of hydrogen-bond acceptors (Lipinski definition) is 2. The third-order valence-corrected chi connectivity index (χ3v) is 2.52. The van der Waals surface area contributed by atoms with E-state index in [4.69, 9.17) is 34.7 Å². The Balaban J connectivity index is 0. The minimum Gasteiger partial charge on any atom is -0.330 e. The van der Waals surface area contributed by atoms with Crippen LogP contribution in [0.3, 0.4) is 0 Å². The Kier molecular flexibility index (Phi) is 7.71. The fraction of sp³-hybridized carbons (Fsp3) is 1.00. The SMILES string of the molecule is CC(CN)C(C)C(N)(Cl)Cl.[Pt+2]. The van der Waals surface area contributed by atoms with Crippen LogP contribution in [0.25, 0.3) is 0 Å². The Morgan fingerprint density at radius 2 is 1.73 bits per heavy atom. The van der Waals surface area contributed by atoms with Gasteiger partial charge in [-0.05, 0) is 12.5 Å². The van der Waals surface area contributed by atoms with Crippen LogP contribution >= 0.6 is 23.2 Å². The zero-order chi connectivity index (χ0) is 8.36. The van der Waals surface area contributed by atoms with Crippen LogP contribution in [0.1, 0.15) is 13.8 Å². The monoisotopic (exact) mass is 379 g/mol. The molecular formula is C6H14Cl2N2Pt+2. The molecule has 0 saturated carbocycles. The molecular weight excluding hydrogens is 366 g/mol. The Morgan fingerprint density at radius 1 is 1.36 bits per heavy atom. The summed E-state index contributed by atoms with van der Waals surface area (Å²) < 4.78 is -1.15. The Bertz CT molecular complexity index is 105. The molecule has 2 atom stereocenters. The van der Waals surface area contributed by atoms with Crippen LogP contribution in [-0.4, -0.2) is 11.0 Å². The van der Waals surface area contributed by atoms with Gasteiger partial charge in [0, 0.05) is 5.92 Å². The average molecular weight is 380 g/mol. The van der Waals surface area contributed by atoms with E-state index >= 15 is 0 Å². The summed E-state index contributed by atoms with van der Waals surface area (Å²) >= 11 is 11.3. The minimum atomic E-state index is -1.15. The molecule has 0 aliphatic rings. The molecule has 5 heteroatoms. The fourth-order valence-electron chi connectivity index (χ4n) is 0.583. The Morgan fingerprint density at radius 3 is 1.82 bits per heavy atom. The summed E-state index contributed by atoms with van der Waals surface area (Å²) in [6, 6.07) is 0. The van der Waals surface area contributed by atoms with Crippen LogP contribution in [0, 0.1) is 11.8 Å². The number of nitrogens with two attached hydrogens (primary N) is 2. The summed E-state index contributed by atoms with van der Waals surface area (Å²) in [5.74, 6) is 0.265. The van der Waals surface area contributed by atoms with Crippen LogP contribution in [0.15, 0.2) is 0 Å². The molecule has 0 spiro atoms. The molecule has 11 heavy (non-hydrogen) atoms. The van der Waals surface area contributed by atoms with E-state index in [9.17, 15) is 0 Å². The van der Waals surface area contributed by atoms with Crippen LogP contribution in [0.2, 0.25) is 0 Å².